The molecule has 0 unspecified atom stereocenters. The molecule has 0 fully saturated rings. The number of methoxy groups -OCH3 is 2. The lowest BCUT2D eigenvalue weighted by Gasteiger charge is -2.32. The van der Waals surface area contributed by atoms with E-state index in [1.807, 2.05) is 20.8 Å². The van der Waals surface area contributed by atoms with Gasteiger partial charge in [-0.1, -0.05) is 11.6 Å². The highest BCUT2D eigenvalue weighted by atomic mass is 35.5. The van der Waals surface area contributed by atoms with Crippen LogP contribution in [0.25, 0.3) is 0 Å². The van der Waals surface area contributed by atoms with Gasteiger partial charge in [0, 0.05) is 18.2 Å². The summed E-state index contributed by atoms with van der Waals surface area (Å²) in [6.45, 7) is 6.52. The molecule has 0 saturated heterocycles. The molecule has 0 N–H and O–H groups in total. The SMILES string of the molecule is COc1cc(OC)c2c(c1Cl)CCN(C(=O)OC(C)(C)C)C2. The van der Waals surface area contributed by atoms with Gasteiger partial charge in [0.25, 0.3) is 0 Å². The van der Waals surface area contributed by atoms with E-state index in [1.54, 1.807) is 25.2 Å². The predicted molar refractivity (Wildman–Crippen MR) is 84.9 cm³/mol. The van der Waals surface area contributed by atoms with E-state index in [0.29, 0.717) is 36.0 Å². The third kappa shape index (κ3) is 3.40. The van der Waals surface area contributed by atoms with Crippen molar-refractivity contribution >= 4 is 17.7 Å². The van der Waals surface area contributed by atoms with Crippen LogP contribution in [-0.2, 0) is 17.7 Å². The summed E-state index contributed by atoms with van der Waals surface area (Å²) in [5, 5.41) is 0.585. The molecule has 0 atom stereocenters. The van der Waals surface area contributed by atoms with E-state index < -0.39 is 5.60 Å². The fourth-order valence-electron chi connectivity index (χ4n) is 2.46. The van der Waals surface area contributed by atoms with Crippen molar-refractivity contribution in [3.63, 3.8) is 0 Å². The van der Waals surface area contributed by atoms with Gasteiger partial charge in [-0.25, -0.2) is 4.79 Å². The van der Waals surface area contributed by atoms with Gasteiger partial charge in [-0.3, -0.25) is 0 Å². The van der Waals surface area contributed by atoms with E-state index in [-0.39, 0.29) is 6.09 Å². The highest BCUT2D eigenvalue weighted by molar-refractivity contribution is 6.33. The second kappa shape index (κ2) is 6.24. The number of rotatable bonds is 2. The lowest BCUT2D eigenvalue weighted by atomic mass is 9.98. The Balaban J connectivity index is 2.30. The molecule has 1 amide bonds. The number of amides is 1. The molecular formula is C16H22ClNO4. The fourth-order valence-corrected chi connectivity index (χ4v) is 2.80. The van der Waals surface area contributed by atoms with Crippen molar-refractivity contribution < 1.29 is 19.0 Å². The molecule has 0 aliphatic carbocycles. The fraction of sp³-hybridized carbons (Fsp3) is 0.562. The Hall–Kier alpha value is -1.62. The van der Waals surface area contributed by atoms with Crippen LogP contribution >= 0.6 is 11.6 Å². The van der Waals surface area contributed by atoms with E-state index in [2.05, 4.69) is 0 Å². The summed E-state index contributed by atoms with van der Waals surface area (Å²) < 4.78 is 16.1. The number of nitrogens with zero attached hydrogens (tertiary/aromatic N) is 1. The second-order valence-corrected chi connectivity index (χ2v) is 6.58. The van der Waals surface area contributed by atoms with Crippen LogP contribution in [0.4, 0.5) is 4.79 Å². The number of carbonyl (C=O) groups excluding carboxylic acids is 1. The number of benzene rings is 1. The van der Waals surface area contributed by atoms with Gasteiger partial charge in [-0.05, 0) is 32.8 Å². The lowest BCUT2D eigenvalue weighted by molar-refractivity contribution is 0.0222. The maximum Gasteiger partial charge on any atom is 0.410 e. The number of hydrogen-bond acceptors (Lipinski definition) is 4. The summed E-state index contributed by atoms with van der Waals surface area (Å²) in [7, 11) is 3.16. The largest absolute Gasteiger partial charge is 0.496 e. The number of halogens is 1. The molecule has 0 bridgehead atoms. The first-order valence-electron chi connectivity index (χ1n) is 7.17. The average Bonchev–Trinajstić information content (AvgIpc) is 2.45. The average molecular weight is 328 g/mol. The Morgan fingerprint density at radius 3 is 2.36 bits per heavy atom. The summed E-state index contributed by atoms with van der Waals surface area (Å²) in [4.78, 5) is 13.9. The van der Waals surface area contributed by atoms with Crippen molar-refractivity contribution in [1.82, 2.24) is 4.90 Å². The number of hydrogen-bond donors (Lipinski definition) is 0. The second-order valence-electron chi connectivity index (χ2n) is 6.20. The predicted octanol–water partition coefficient (Wildman–Crippen LogP) is 3.65. The zero-order chi connectivity index (χ0) is 16.5. The van der Waals surface area contributed by atoms with Crippen LogP contribution in [0.3, 0.4) is 0 Å². The van der Waals surface area contributed by atoms with E-state index in [0.717, 1.165) is 11.1 Å². The third-order valence-corrected chi connectivity index (χ3v) is 3.89. The smallest absolute Gasteiger partial charge is 0.410 e. The first-order valence-corrected chi connectivity index (χ1v) is 7.54. The maximum atomic E-state index is 12.2. The van der Waals surface area contributed by atoms with Crippen LogP contribution < -0.4 is 9.47 Å². The molecule has 6 heteroatoms. The Morgan fingerprint density at radius 2 is 1.82 bits per heavy atom. The van der Waals surface area contributed by atoms with Crippen molar-refractivity contribution in [2.45, 2.75) is 39.3 Å². The molecule has 1 aliphatic heterocycles. The van der Waals surface area contributed by atoms with Gasteiger partial charge < -0.3 is 19.1 Å². The first kappa shape index (κ1) is 16.7. The molecule has 2 rings (SSSR count). The third-order valence-electron chi connectivity index (χ3n) is 3.48. The summed E-state index contributed by atoms with van der Waals surface area (Å²) in [5.74, 6) is 1.26. The van der Waals surface area contributed by atoms with E-state index in [9.17, 15) is 4.79 Å². The van der Waals surface area contributed by atoms with Crippen LogP contribution in [-0.4, -0.2) is 37.4 Å². The monoisotopic (exact) mass is 327 g/mol. The molecule has 5 nitrogen and oxygen atoms in total. The van der Waals surface area contributed by atoms with Crippen LogP contribution in [0.5, 0.6) is 11.5 Å². The normalized spacial score (nSPS) is 14.4. The first-order chi connectivity index (χ1) is 10.3. The van der Waals surface area contributed by atoms with Crippen molar-refractivity contribution in [2.75, 3.05) is 20.8 Å². The van der Waals surface area contributed by atoms with Crippen LogP contribution in [0.15, 0.2) is 6.07 Å². The molecule has 0 radical (unpaired) electrons. The molecule has 1 aromatic carbocycles. The quantitative estimate of drug-likeness (QED) is 0.832. The minimum Gasteiger partial charge on any atom is -0.496 e. The number of fused-ring (bicyclic) bond motifs is 1. The molecule has 1 heterocycles. The Labute approximate surface area is 136 Å². The van der Waals surface area contributed by atoms with Crippen molar-refractivity contribution in [2.24, 2.45) is 0 Å². The van der Waals surface area contributed by atoms with Gasteiger partial charge in [-0.2, -0.15) is 0 Å². The lowest BCUT2D eigenvalue weighted by Crippen LogP contribution is -2.40. The van der Waals surface area contributed by atoms with Gasteiger partial charge >= 0.3 is 6.09 Å². The topological polar surface area (TPSA) is 48.0 Å². The van der Waals surface area contributed by atoms with Crippen molar-refractivity contribution in [3.8, 4) is 11.5 Å². The van der Waals surface area contributed by atoms with Gasteiger partial charge in [0.05, 0.1) is 25.8 Å². The molecule has 22 heavy (non-hydrogen) atoms. The number of ether oxygens (including phenoxy) is 3. The Bertz CT molecular complexity index is 580. The summed E-state index contributed by atoms with van der Waals surface area (Å²) in [6, 6.07) is 1.75. The standard InChI is InChI=1S/C16H22ClNO4/c1-16(2,3)22-15(19)18-7-6-10-11(9-18)12(20-4)8-13(21-5)14(10)17/h8H,6-7,9H2,1-5H3. The Kier molecular flexibility index (Phi) is 4.75. The highest BCUT2D eigenvalue weighted by Gasteiger charge is 2.29. The Morgan fingerprint density at radius 1 is 1.18 bits per heavy atom. The molecule has 0 spiro atoms. The van der Waals surface area contributed by atoms with E-state index >= 15 is 0 Å². The molecule has 0 aromatic heterocycles. The summed E-state index contributed by atoms with van der Waals surface area (Å²) in [6.07, 6.45) is 0.313. The zero-order valence-electron chi connectivity index (χ0n) is 13.7. The minimum absolute atomic E-state index is 0.327. The van der Waals surface area contributed by atoms with Crippen LogP contribution in [0.1, 0.15) is 31.9 Å². The van der Waals surface area contributed by atoms with E-state index in [4.69, 9.17) is 25.8 Å². The van der Waals surface area contributed by atoms with Crippen LogP contribution in [0, 0.1) is 0 Å². The summed E-state index contributed by atoms with van der Waals surface area (Å²) in [5.41, 5.74) is 1.36. The molecule has 122 valence electrons. The molecule has 1 aliphatic rings. The van der Waals surface area contributed by atoms with Crippen molar-refractivity contribution in [1.29, 1.82) is 0 Å². The minimum atomic E-state index is -0.515. The zero-order valence-corrected chi connectivity index (χ0v) is 14.4. The van der Waals surface area contributed by atoms with Gasteiger partial charge in [-0.15, -0.1) is 0 Å². The molecule has 1 aromatic rings. The molecular weight excluding hydrogens is 306 g/mol. The van der Waals surface area contributed by atoms with Gasteiger partial charge in [0.2, 0.25) is 0 Å². The van der Waals surface area contributed by atoms with Gasteiger partial charge in [0.15, 0.2) is 0 Å². The van der Waals surface area contributed by atoms with Crippen molar-refractivity contribution in [3.05, 3.63) is 22.2 Å². The summed E-state index contributed by atoms with van der Waals surface area (Å²) >= 11 is 6.37. The molecule has 0 saturated carbocycles. The van der Waals surface area contributed by atoms with E-state index in [1.165, 1.54) is 0 Å². The maximum absolute atomic E-state index is 12.2. The van der Waals surface area contributed by atoms with Crippen LogP contribution in [0.2, 0.25) is 5.02 Å². The number of carbonyl (C=O) groups is 1. The highest BCUT2D eigenvalue weighted by Crippen LogP contribution is 2.40. The van der Waals surface area contributed by atoms with Gasteiger partial charge in [0.1, 0.15) is 17.1 Å².